The van der Waals surface area contributed by atoms with Crippen LogP contribution in [0.15, 0.2) is 60.9 Å². The van der Waals surface area contributed by atoms with Crippen LogP contribution >= 0.6 is 11.6 Å². The Labute approximate surface area is 116 Å². The number of ether oxygens (including phenoxy) is 1. The minimum atomic E-state index is 0.724. The number of benzene rings is 2. The van der Waals surface area contributed by atoms with E-state index in [0.29, 0.717) is 0 Å². The molecule has 0 bridgehead atoms. The second-order valence-electron chi connectivity index (χ2n) is 4.27. The van der Waals surface area contributed by atoms with E-state index in [0.717, 1.165) is 27.2 Å². The van der Waals surface area contributed by atoms with Gasteiger partial charge < -0.3 is 4.74 Å². The summed E-state index contributed by atoms with van der Waals surface area (Å²) in [6, 6.07) is 15.8. The number of methoxy groups -OCH3 is 1. The van der Waals surface area contributed by atoms with Crippen molar-refractivity contribution >= 4 is 22.4 Å². The summed E-state index contributed by atoms with van der Waals surface area (Å²) in [6.45, 7) is 0. The van der Waals surface area contributed by atoms with Gasteiger partial charge in [-0.05, 0) is 17.5 Å². The molecule has 0 saturated heterocycles. The van der Waals surface area contributed by atoms with Gasteiger partial charge in [0.15, 0.2) is 12.4 Å². The van der Waals surface area contributed by atoms with E-state index >= 15 is 0 Å². The van der Waals surface area contributed by atoms with E-state index < -0.39 is 0 Å². The van der Waals surface area contributed by atoms with E-state index in [1.807, 2.05) is 53.4 Å². The van der Waals surface area contributed by atoms with E-state index in [4.69, 9.17) is 16.3 Å². The molecule has 0 unspecified atom stereocenters. The number of aromatic nitrogens is 1. The maximum absolute atomic E-state index is 6.23. The molecule has 0 atom stereocenters. The lowest BCUT2D eigenvalue weighted by Gasteiger charge is -2.04. The second kappa shape index (κ2) is 4.90. The molecule has 0 aliphatic rings. The van der Waals surface area contributed by atoms with Crippen molar-refractivity contribution < 1.29 is 9.30 Å². The normalized spacial score (nSPS) is 10.6. The van der Waals surface area contributed by atoms with Gasteiger partial charge in [-0.1, -0.05) is 35.9 Å². The quantitative estimate of drug-likeness (QED) is 0.646. The van der Waals surface area contributed by atoms with Crippen LogP contribution in [-0.4, -0.2) is 7.11 Å². The molecule has 1 heterocycles. The summed E-state index contributed by atoms with van der Waals surface area (Å²) in [5.41, 5.74) is 0.956. The molecule has 0 spiro atoms. The van der Waals surface area contributed by atoms with Crippen molar-refractivity contribution in [2.45, 2.75) is 0 Å². The van der Waals surface area contributed by atoms with Crippen LogP contribution < -0.4 is 9.30 Å². The van der Waals surface area contributed by atoms with Crippen molar-refractivity contribution in [2.75, 3.05) is 7.11 Å². The molecular formula is C16H13ClNO+. The van der Waals surface area contributed by atoms with Crippen LogP contribution in [-0.2, 0) is 0 Å². The molecule has 0 amide bonds. The van der Waals surface area contributed by atoms with Crippen molar-refractivity contribution in [3.8, 4) is 11.4 Å². The first-order valence-corrected chi connectivity index (χ1v) is 6.40. The van der Waals surface area contributed by atoms with Gasteiger partial charge in [0.2, 0.25) is 5.69 Å². The highest BCUT2D eigenvalue weighted by atomic mass is 35.5. The Morgan fingerprint density at radius 1 is 1.00 bits per heavy atom. The average Bonchev–Trinajstić information content (AvgIpc) is 2.46. The van der Waals surface area contributed by atoms with E-state index in [-0.39, 0.29) is 0 Å². The number of halogens is 1. The monoisotopic (exact) mass is 270 g/mol. The van der Waals surface area contributed by atoms with Crippen LogP contribution in [0.4, 0.5) is 0 Å². The summed E-state index contributed by atoms with van der Waals surface area (Å²) in [5, 5.41) is 2.93. The minimum absolute atomic E-state index is 0.724. The van der Waals surface area contributed by atoms with Gasteiger partial charge in [-0.15, -0.1) is 0 Å². The largest absolute Gasteiger partial charge is 0.496 e. The van der Waals surface area contributed by atoms with Crippen LogP contribution in [0.5, 0.6) is 5.75 Å². The Bertz CT molecular complexity index is 740. The third-order valence-electron chi connectivity index (χ3n) is 3.13. The standard InChI is InChI=1S/C16H13ClNO/c1-19-16-8-4-5-12-9-10-18(11-13(12)16)15-7-3-2-6-14(15)17/h2-11H,1H3/q+1. The summed E-state index contributed by atoms with van der Waals surface area (Å²) >= 11 is 6.23. The zero-order chi connectivity index (χ0) is 13.2. The Balaban J connectivity index is 2.24. The van der Waals surface area contributed by atoms with Crippen LogP contribution in [0.1, 0.15) is 0 Å². The summed E-state index contributed by atoms with van der Waals surface area (Å²) in [7, 11) is 1.68. The summed E-state index contributed by atoms with van der Waals surface area (Å²) in [5.74, 6) is 0.860. The van der Waals surface area contributed by atoms with Crippen LogP contribution in [0, 0.1) is 0 Å². The summed E-state index contributed by atoms with van der Waals surface area (Å²) in [4.78, 5) is 0. The van der Waals surface area contributed by atoms with Crippen molar-refractivity contribution in [1.82, 2.24) is 0 Å². The van der Waals surface area contributed by atoms with Crippen molar-refractivity contribution in [2.24, 2.45) is 0 Å². The molecule has 0 aliphatic heterocycles. The Kier molecular flexibility index (Phi) is 3.10. The molecule has 2 nitrogen and oxygen atoms in total. The van der Waals surface area contributed by atoms with Gasteiger partial charge in [0.1, 0.15) is 10.8 Å². The number of para-hydroxylation sites is 1. The lowest BCUT2D eigenvalue weighted by molar-refractivity contribution is -0.594. The molecule has 94 valence electrons. The SMILES string of the molecule is COc1cccc2cc[n+](-c3ccccc3Cl)cc12. The van der Waals surface area contributed by atoms with Crippen LogP contribution in [0.2, 0.25) is 5.02 Å². The molecule has 0 fully saturated rings. The number of fused-ring (bicyclic) bond motifs is 1. The third kappa shape index (κ3) is 2.15. The van der Waals surface area contributed by atoms with Crippen molar-refractivity contribution in [3.05, 3.63) is 65.9 Å². The highest BCUT2D eigenvalue weighted by molar-refractivity contribution is 6.32. The number of pyridine rings is 1. The molecule has 19 heavy (non-hydrogen) atoms. The van der Waals surface area contributed by atoms with Gasteiger partial charge in [0.25, 0.3) is 0 Å². The molecule has 0 radical (unpaired) electrons. The predicted molar refractivity (Wildman–Crippen MR) is 77.0 cm³/mol. The number of rotatable bonds is 2. The van der Waals surface area contributed by atoms with Crippen LogP contribution in [0.25, 0.3) is 16.5 Å². The molecular weight excluding hydrogens is 258 g/mol. The molecule has 3 rings (SSSR count). The smallest absolute Gasteiger partial charge is 0.229 e. The number of hydrogen-bond donors (Lipinski definition) is 0. The number of hydrogen-bond acceptors (Lipinski definition) is 1. The maximum atomic E-state index is 6.23. The minimum Gasteiger partial charge on any atom is -0.496 e. The molecule has 3 heteroatoms. The third-order valence-corrected chi connectivity index (χ3v) is 3.45. The van der Waals surface area contributed by atoms with E-state index in [1.54, 1.807) is 7.11 Å². The van der Waals surface area contributed by atoms with Crippen molar-refractivity contribution in [3.63, 3.8) is 0 Å². The highest BCUT2D eigenvalue weighted by Gasteiger charge is 2.12. The molecule has 3 aromatic rings. The zero-order valence-electron chi connectivity index (χ0n) is 10.5. The number of nitrogens with zero attached hydrogens (tertiary/aromatic N) is 1. The van der Waals surface area contributed by atoms with E-state index in [2.05, 4.69) is 12.1 Å². The predicted octanol–water partition coefficient (Wildman–Crippen LogP) is 3.78. The Morgan fingerprint density at radius 2 is 1.84 bits per heavy atom. The first kappa shape index (κ1) is 12.0. The summed E-state index contributed by atoms with van der Waals surface area (Å²) in [6.07, 6.45) is 4.04. The van der Waals surface area contributed by atoms with E-state index in [1.165, 1.54) is 0 Å². The molecule has 0 N–H and O–H groups in total. The first-order chi connectivity index (χ1) is 9.29. The van der Waals surface area contributed by atoms with Gasteiger partial charge in [-0.2, -0.15) is 4.57 Å². The molecule has 2 aromatic carbocycles. The maximum Gasteiger partial charge on any atom is 0.229 e. The van der Waals surface area contributed by atoms with Gasteiger partial charge in [-0.25, -0.2) is 0 Å². The Hall–Kier alpha value is -2.06. The molecule has 1 aromatic heterocycles. The average molecular weight is 271 g/mol. The zero-order valence-corrected chi connectivity index (χ0v) is 11.3. The fraction of sp³-hybridized carbons (Fsp3) is 0.0625. The fourth-order valence-electron chi connectivity index (χ4n) is 2.18. The van der Waals surface area contributed by atoms with E-state index in [9.17, 15) is 0 Å². The summed E-state index contributed by atoms with van der Waals surface area (Å²) < 4.78 is 7.41. The van der Waals surface area contributed by atoms with Crippen LogP contribution in [0.3, 0.4) is 0 Å². The first-order valence-electron chi connectivity index (χ1n) is 6.02. The van der Waals surface area contributed by atoms with Gasteiger partial charge in [0, 0.05) is 12.1 Å². The van der Waals surface area contributed by atoms with Crippen molar-refractivity contribution in [1.29, 1.82) is 0 Å². The van der Waals surface area contributed by atoms with Gasteiger partial charge in [-0.3, -0.25) is 0 Å². The fourth-order valence-corrected chi connectivity index (χ4v) is 2.41. The second-order valence-corrected chi connectivity index (χ2v) is 4.67. The lowest BCUT2D eigenvalue weighted by atomic mass is 10.1. The molecule has 0 aliphatic carbocycles. The van der Waals surface area contributed by atoms with Gasteiger partial charge in [0.05, 0.1) is 12.5 Å². The lowest BCUT2D eigenvalue weighted by Crippen LogP contribution is -2.29. The highest BCUT2D eigenvalue weighted by Crippen LogP contribution is 2.24. The topological polar surface area (TPSA) is 13.1 Å². The molecule has 0 saturated carbocycles. The Morgan fingerprint density at radius 3 is 2.63 bits per heavy atom. The van der Waals surface area contributed by atoms with Gasteiger partial charge >= 0.3 is 0 Å².